The number of hydrogen-bond acceptors (Lipinski definition) is 1. The lowest BCUT2D eigenvalue weighted by Crippen LogP contribution is -2.33. The van der Waals surface area contributed by atoms with Crippen LogP contribution in [0.5, 0.6) is 0 Å². The van der Waals surface area contributed by atoms with Gasteiger partial charge >= 0.3 is 0 Å². The van der Waals surface area contributed by atoms with Gasteiger partial charge in [0, 0.05) is 6.04 Å². The number of hydrogen-bond donors (Lipinski definition) is 1. The van der Waals surface area contributed by atoms with Crippen molar-refractivity contribution in [3.8, 4) is 0 Å². The van der Waals surface area contributed by atoms with Crippen molar-refractivity contribution < 1.29 is 0 Å². The first-order valence-corrected chi connectivity index (χ1v) is 5.89. The van der Waals surface area contributed by atoms with Gasteiger partial charge in [-0.2, -0.15) is 0 Å². The fourth-order valence-electron chi connectivity index (χ4n) is 2.03. The molecule has 80 valence electrons. The van der Waals surface area contributed by atoms with Crippen LogP contribution in [-0.4, -0.2) is 6.04 Å². The summed E-state index contributed by atoms with van der Waals surface area (Å²) in [5, 5.41) is 0. The Hall–Kier alpha value is -0.0400. The standard InChI is InChI=1S/C12H27N/c1-5-7-9-12(13)11(8-6-2)10(3)4/h10-12H,5-9,13H2,1-4H3. The zero-order valence-electron chi connectivity index (χ0n) is 9.84. The number of unbranched alkanes of at least 4 members (excludes halogenated alkanes) is 1. The molecule has 0 aliphatic carbocycles. The summed E-state index contributed by atoms with van der Waals surface area (Å²) in [4.78, 5) is 0. The van der Waals surface area contributed by atoms with Gasteiger partial charge in [0.25, 0.3) is 0 Å². The van der Waals surface area contributed by atoms with Crippen LogP contribution in [0.15, 0.2) is 0 Å². The molecule has 0 heterocycles. The molecule has 2 atom stereocenters. The maximum Gasteiger partial charge on any atom is 0.00696 e. The van der Waals surface area contributed by atoms with E-state index in [2.05, 4.69) is 27.7 Å². The van der Waals surface area contributed by atoms with E-state index in [0.29, 0.717) is 6.04 Å². The average Bonchev–Trinajstić information content (AvgIpc) is 2.09. The van der Waals surface area contributed by atoms with Gasteiger partial charge in [0.15, 0.2) is 0 Å². The molecule has 1 nitrogen and oxygen atoms in total. The second kappa shape index (κ2) is 7.37. The van der Waals surface area contributed by atoms with Gasteiger partial charge in [-0.15, -0.1) is 0 Å². The summed E-state index contributed by atoms with van der Waals surface area (Å²) in [7, 11) is 0. The van der Waals surface area contributed by atoms with Gasteiger partial charge in [0.2, 0.25) is 0 Å². The van der Waals surface area contributed by atoms with Crippen LogP contribution in [0.1, 0.15) is 59.8 Å². The minimum Gasteiger partial charge on any atom is -0.327 e. The fraction of sp³-hybridized carbons (Fsp3) is 1.00. The summed E-state index contributed by atoms with van der Waals surface area (Å²) in [5.41, 5.74) is 6.19. The quantitative estimate of drug-likeness (QED) is 0.644. The van der Waals surface area contributed by atoms with Crippen LogP contribution in [0.2, 0.25) is 0 Å². The monoisotopic (exact) mass is 185 g/mol. The van der Waals surface area contributed by atoms with Crippen molar-refractivity contribution in [3.05, 3.63) is 0 Å². The summed E-state index contributed by atoms with van der Waals surface area (Å²) in [6.45, 7) is 9.08. The predicted octanol–water partition coefficient (Wildman–Crippen LogP) is 3.58. The maximum absolute atomic E-state index is 6.19. The molecule has 2 N–H and O–H groups in total. The Morgan fingerprint density at radius 2 is 1.62 bits per heavy atom. The highest BCUT2D eigenvalue weighted by atomic mass is 14.6. The van der Waals surface area contributed by atoms with E-state index in [0.717, 1.165) is 11.8 Å². The van der Waals surface area contributed by atoms with Crippen LogP contribution in [0, 0.1) is 11.8 Å². The highest BCUT2D eigenvalue weighted by Gasteiger charge is 2.19. The fourth-order valence-corrected chi connectivity index (χ4v) is 2.03. The van der Waals surface area contributed by atoms with E-state index in [-0.39, 0.29) is 0 Å². The molecule has 0 amide bonds. The van der Waals surface area contributed by atoms with Crippen molar-refractivity contribution in [1.82, 2.24) is 0 Å². The predicted molar refractivity (Wildman–Crippen MR) is 60.7 cm³/mol. The highest BCUT2D eigenvalue weighted by molar-refractivity contribution is 4.75. The Kier molecular flexibility index (Phi) is 7.35. The van der Waals surface area contributed by atoms with Crippen molar-refractivity contribution in [3.63, 3.8) is 0 Å². The third kappa shape index (κ3) is 5.30. The third-order valence-electron chi connectivity index (χ3n) is 2.92. The van der Waals surface area contributed by atoms with E-state index in [4.69, 9.17) is 5.73 Å². The zero-order valence-corrected chi connectivity index (χ0v) is 9.84. The molecule has 0 aromatic heterocycles. The molecule has 0 radical (unpaired) electrons. The molecular formula is C12H27N. The van der Waals surface area contributed by atoms with E-state index in [9.17, 15) is 0 Å². The van der Waals surface area contributed by atoms with Crippen molar-refractivity contribution in [1.29, 1.82) is 0 Å². The molecule has 0 spiro atoms. The van der Waals surface area contributed by atoms with Gasteiger partial charge in [0.05, 0.1) is 0 Å². The van der Waals surface area contributed by atoms with Crippen LogP contribution in [0.25, 0.3) is 0 Å². The molecule has 0 bridgehead atoms. The topological polar surface area (TPSA) is 26.0 Å². The van der Waals surface area contributed by atoms with Gasteiger partial charge < -0.3 is 5.73 Å². The highest BCUT2D eigenvalue weighted by Crippen LogP contribution is 2.22. The summed E-state index contributed by atoms with van der Waals surface area (Å²) >= 11 is 0. The molecule has 0 aromatic carbocycles. The van der Waals surface area contributed by atoms with Crippen LogP contribution < -0.4 is 5.73 Å². The minimum atomic E-state index is 0.430. The van der Waals surface area contributed by atoms with E-state index in [1.807, 2.05) is 0 Å². The molecule has 2 unspecified atom stereocenters. The lowest BCUT2D eigenvalue weighted by atomic mass is 9.83. The first-order valence-electron chi connectivity index (χ1n) is 5.89. The van der Waals surface area contributed by atoms with Crippen LogP contribution in [0.4, 0.5) is 0 Å². The Bertz CT molecular complexity index is 110. The Labute approximate surface area is 84.1 Å². The number of rotatable bonds is 7. The minimum absolute atomic E-state index is 0.430. The summed E-state index contributed by atoms with van der Waals surface area (Å²) in [6, 6.07) is 0.430. The van der Waals surface area contributed by atoms with E-state index >= 15 is 0 Å². The van der Waals surface area contributed by atoms with Gasteiger partial charge in [-0.1, -0.05) is 47.0 Å². The van der Waals surface area contributed by atoms with Gasteiger partial charge in [-0.25, -0.2) is 0 Å². The first-order chi connectivity index (χ1) is 6.13. The summed E-state index contributed by atoms with van der Waals surface area (Å²) in [5.74, 6) is 1.48. The summed E-state index contributed by atoms with van der Waals surface area (Å²) < 4.78 is 0. The smallest absolute Gasteiger partial charge is 0.00696 e. The lowest BCUT2D eigenvalue weighted by Gasteiger charge is -2.27. The van der Waals surface area contributed by atoms with Gasteiger partial charge in [-0.3, -0.25) is 0 Å². The van der Waals surface area contributed by atoms with Crippen LogP contribution in [0.3, 0.4) is 0 Å². The lowest BCUT2D eigenvalue weighted by molar-refractivity contribution is 0.281. The van der Waals surface area contributed by atoms with Crippen molar-refractivity contribution >= 4 is 0 Å². The van der Waals surface area contributed by atoms with Crippen LogP contribution in [-0.2, 0) is 0 Å². The maximum atomic E-state index is 6.19. The van der Waals surface area contributed by atoms with Gasteiger partial charge in [-0.05, 0) is 24.7 Å². The SMILES string of the molecule is CCCCC(N)C(CCC)C(C)C. The van der Waals surface area contributed by atoms with E-state index in [1.54, 1.807) is 0 Å². The third-order valence-corrected chi connectivity index (χ3v) is 2.92. The second-order valence-electron chi connectivity index (χ2n) is 4.50. The molecular weight excluding hydrogens is 158 g/mol. The molecule has 0 saturated heterocycles. The molecule has 0 aromatic rings. The second-order valence-corrected chi connectivity index (χ2v) is 4.50. The number of nitrogens with two attached hydrogens (primary N) is 1. The zero-order chi connectivity index (χ0) is 10.3. The molecule has 1 heteroatoms. The normalized spacial score (nSPS) is 16.2. The Morgan fingerprint density at radius 1 is 1.00 bits per heavy atom. The molecule has 13 heavy (non-hydrogen) atoms. The van der Waals surface area contributed by atoms with Gasteiger partial charge in [0.1, 0.15) is 0 Å². The van der Waals surface area contributed by atoms with Crippen LogP contribution >= 0.6 is 0 Å². The molecule has 0 aliphatic rings. The van der Waals surface area contributed by atoms with Crippen molar-refractivity contribution in [2.24, 2.45) is 17.6 Å². The average molecular weight is 185 g/mol. The Balaban J connectivity index is 3.87. The molecule has 0 saturated carbocycles. The van der Waals surface area contributed by atoms with Crippen molar-refractivity contribution in [2.45, 2.75) is 65.8 Å². The molecule has 0 fully saturated rings. The molecule has 0 rings (SSSR count). The molecule has 0 aliphatic heterocycles. The largest absolute Gasteiger partial charge is 0.327 e. The Morgan fingerprint density at radius 3 is 2.00 bits per heavy atom. The summed E-state index contributed by atoms with van der Waals surface area (Å²) in [6.07, 6.45) is 6.32. The first kappa shape index (κ1) is 13.0. The van der Waals surface area contributed by atoms with E-state index in [1.165, 1.54) is 32.1 Å². The van der Waals surface area contributed by atoms with E-state index < -0.39 is 0 Å². The van der Waals surface area contributed by atoms with Crippen molar-refractivity contribution in [2.75, 3.05) is 0 Å².